The van der Waals surface area contributed by atoms with Gasteiger partial charge in [0.15, 0.2) is 6.10 Å². The highest BCUT2D eigenvalue weighted by Crippen LogP contribution is 2.36. The zero-order valence-electron chi connectivity index (χ0n) is 18.2. The van der Waals surface area contributed by atoms with Gasteiger partial charge in [-0.2, -0.15) is 13.2 Å². The molecule has 1 fully saturated rings. The monoisotopic (exact) mass is 461 g/mol. The number of carbonyl (C=O) groups excluding carboxylic acids is 2. The van der Waals surface area contributed by atoms with E-state index in [0.29, 0.717) is 17.1 Å². The Kier molecular flexibility index (Phi) is 6.49. The van der Waals surface area contributed by atoms with E-state index in [1.807, 2.05) is 0 Å². The summed E-state index contributed by atoms with van der Waals surface area (Å²) in [6.07, 6.45) is -0.529. The first-order valence-corrected chi connectivity index (χ1v) is 11.0. The van der Waals surface area contributed by atoms with Gasteiger partial charge in [0.2, 0.25) is 5.91 Å². The van der Waals surface area contributed by atoms with E-state index in [1.165, 1.54) is 17.9 Å². The number of ether oxygens (including phenoxy) is 1. The van der Waals surface area contributed by atoms with E-state index in [0.717, 1.165) is 44.2 Å². The topological polar surface area (TPSA) is 70.7 Å². The highest BCUT2D eigenvalue weighted by atomic mass is 19.4. The molecule has 2 aliphatic rings. The SMILES string of the molecule is CC(=O)N1CC(C(=O)Nc2cc(C(F)(F)F)ccc2NC2CCCCC2)Oc2ccccc21. The minimum Gasteiger partial charge on any atom is -0.476 e. The maximum Gasteiger partial charge on any atom is 0.416 e. The lowest BCUT2D eigenvalue weighted by molar-refractivity contribution is -0.137. The fraction of sp³-hybridized carbons (Fsp3) is 0.417. The molecule has 2 amide bonds. The predicted molar refractivity (Wildman–Crippen MR) is 119 cm³/mol. The van der Waals surface area contributed by atoms with Crippen molar-refractivity contribution in [3.8, 4) is 5.75 Å². The molecule has 1 aliphatic carbocycles. The highest BCUT2D eigenvalue weighted by molar-refractivity contribution is 6.01. The molecule has 1 aliphatic heterocycles. The molecule has 0 saturated heterocycles. The average Bonchev–Trinajstić information content (AvgIpc) is 2.79. The molecule has 9 heteroatoms. The molecule has 2 N–H and O–H groups in total. The molecule has 1 atom stereocenters. The molecule has 1 heterocycles. The molecule has 6 nitrogen and oxygen atoms in total. The lowest BCUT2D eigenvalue weighted by atomic mass is 9.95. The normalized spacial score (nSPS) is 18.8. The average molecular weight is 461 g/mol. The maximum absolute atomic E-state index is 13.4. The van der Waals surface area contributed by atoms with Crippen molar-refractivity contribution in [1.82, 2.24) is 0 Å². The molecule has 1 saturated carbocycles. The Bertz CT molecular complexity index is 1040. The molecule has 2 aromatic carbocycles. The minimum atomic E-state index is -4.55. The van der Waals surface area contributed by atoms with Crippen LogP contribution in [0.1, 0.15) is 44.6 Å². The van der Waals surface area contributed by atoms with Gasteiger partial charge < -0.3 is 20.3 Å². The third-order valence-electron chi connectivity index (χ3n) is 6.02. The standard InChI is InChI=1S/C24H26F3N3O3/c1-15(31)30-14-22(33-21-10-6-5-9-20(21)30)23(32)29-19-13-16(24(25,26)27)11-12-18(19)28-17-7-3-2-4-8-17/h5-6,9-13,17,22,28H,2-4,7-8,14H2,1H3,(H,29,32). The van der Waals surface area contributed by atoms with E-state index in [1.54, 1.807) is 24.3 Å². The van der Waals surface area contributed by atoms with Crippen LogP contribution in [0, 0.1) is 0 Å². The Morgan fingerprint density at radius 1 is 1.03 bits per heavy atom. The molecule has 33 heavy (non-hydrogen) atoms. The lowest BCUT2D eigenvalue weighted by Crippen LogP contribution is -2.48. The summed E-state index contributed by atoms with van der Waals surface area (Å²) in [6.45, 7) is 1.35. The first-order chi connectivity index (χ1) is 15.7. The van der Waals surface area contributed by atoms with E-state index >= 15 is 0 Å². The van der Waals surface area contributed by atoms with E-state index in [9.17, 15) is 22.8 Å². The number of nitrogens with one attached hydrogen (secondary N) is 2. The van der Waals surface area contributed by atoms with Gasteiger partial charge in [0.05, 0.1) is 29.2 Å². The first kappa shape index (κ1) is 22.9. The van der Waals surface area contributed by atoms with Crippen LogP contribution in [0.4, 0.5) is 30.2 Å². The summed E-state index contributed by atoms with van der Waals surface area (Å²) in [4.78, 5) is 26.6. The molecule has 2 aromatic rings. The summed E-state index contributed by atoms with van der Waals surface area (Å²) >= 11 is 0. The number of benzene rings is 2. The van der Waals surface area contributed by atoms with Crippen molar-refractivity contribution in [2.75, 3.05) is 22.1 Å². The first-order valence-electron chi connectivity index (χ1n) is 11.0. The Morgan fingerprint density at radius 2 is 1.76 bits per heavy atom. The third kappa shape index (κ3) is 5.23. The van der Waals surface area contributed by atoms with Crippen LogP contribution in [-0.4, -0.2) is 30.5 Å². The van der Waals surface area contributed by atoms with E-state index in [4.69, 9.17) is 4.74 Å². The van der Waals surface area contributed by atoms with E-state index in [2.05, 4.69) is 10.6 Å². The summed E-state index contributed by atoms with van der Waals surface area (Å²) in [5, 5.41) is 5.90. The number of hydrogen-bond acceptors (Lipinski definition) is 4. The van der Waals surface area contributed by atoms with Gasteiger partial charge in [0, 0.05) is 13.0 Å². The largest absolute Gasteiger partial charge is 0.476 e. The van der Waals surface area contributed by atoms with Crippen molar-refractivity contribution >= 4 is 28.9 Å². The van der Waals surface area contributed by atoms with E-state index in [-0.39, 0.29) is 24.2 Å². The fourth-order valence-corrected chi connectivity index (χ4v) is 4.30. The van der Waals surface area contributed by atoms with Crippen LogP contribution in [0.25, 0.3) is 0 Å². The number of hydrogen-bond donors (Lipinski definition) is 2. The third-order valence-corrected chi connectivity index (χ3v) is 6.02. The predicted octanol–water partition coefficient (Wildman–Crippen LogP) is 5.20. The van der Waals surface area contributed by atoms with Crippen molar-refractivity contribution in [3.63, 3.8) is 0 Å². The Labute approximate surface area is 190 Å². The van der Waals surface area contributed by atoms with Crippen molar-refractivity contribution in [2.24, 2.45) is 0 Å². The zero-order valence-corrected chi connectivity index (χ0v) is 18.2. The number of para-hydroxylation sites is 2. The highest BCUT2D eigenvalue weighted by Gasteiger charge is 2.34. The van der Waals surface area contributed by atoms with Gasteiger partial charge in [-0.3, -0.25) is 9.59 Å². The molecule has 4 rings (SSSR count). The molecular weight excluding hydrogens is 435 g/mol. The summed E-state index contributed by atoms with van der Waals surface area (Å²) in [7, 11) is 0. The second kappa shape index (κ2) is 9.33. The number of fused-ring (bicyclic) bond motifs is 1. The van der Waals surface area contributed by atoms with Crippen LogP contribution in [0.5, 0.6) is 5.75 Å². The molecule has 0 aromatic heterocycles. The number of rotatable bonds is 4. The summed E-state index contributed by atoms with van der Waals surface area (Å²) in [6, 6.07) is 10.3. The van der Waals surface area contributed by atoms with Gasteiger partial charge in [-0.1, -0.05) is 31.4 Å². The molecule has 1 unspecified atom stereocenters. The quantitative estimate of drug-likeness (QED) is 0.657. The molecule has 0 radical (unpaired) electrons. The van der Waals surface area contributed by atoms with Crippen molar-refractivity contribution in [1.29, 1.82) is 0 Å². The van der Waals surface area contributed by atoms with Crippen LogP contribution in [-0.2, 0) is 15.8 Å². The van der Waals surface area contributed by atoms with Gasteiger partial charge in [0.1, 0.15) is 5.75 Å². The summed E-state index contributed by atoms with van der Waals surface area (Å²) in [5.74, 6) is -0.521. The second-order valence-electron chi connectivity index (χ2n) is 8.43. The van der Waals surface area contributed by atoms with Gasteiger partial charge >= 0.3 is 6.18 Å². The maximum atomic E-state index is 13.4. The van der Waals surface area contributed by atoms with Gasteiger partial charge in [-0.05, 0) is 43.2 Å². The van der Waals surface area contributed by atoms with Crippen LogP contribution in [0.15, 0.2) is 42.5 Å². The van der Waals surface area contributed by atoms with Crippen LogP contribution in [0.3, 0.4) is 0 Å². The van der Waals surface area contributed by atoms with Crippen molar-refractivity contribution in [2.45, 2.75) is 57.3 Å². The Hall–Kier alpha value is -3.23. The van der Waals surface area contributed by atoms with Gasteiger partial charge in [-0.25, -0.2) is 0 Å². The number of carbonyl (C=O) groups is 2. The molecule has 0 bridgehead atoms. The Balaban J connectivity index is 1.58. The van der Waals surface area contributed by atoms with Crippen LogP contribution < -0.4 is 20.3 Å². The Morgan fingerprint density at radius 3 is 2.45 bits per heavy atom. The van der Waals surface area contributed by atoms with Crippen LogP contribution >= 0.6 is 0 Å². The molecular formula is C24H26F3N3O3. The summed E-state index contributed by atoms with van der Waals surface area (Å²) < 4.78 is 45.8. The molecule has 176 valence electrons. The number of alkyl halides is 3. The second-order valence-corrected chi connectivity index (χ2v) is 8.43. The minimum absolute atomic E-state index is 0.0391. The van der Waals surface area contributed by atoms with Crippen LogP contribution in [0.2, 0.25) is 0 Å². The fourth-order valence-electron chi connectivity index (χ4n) is 4.30. The number of nitrogens with zero attached hydrogens (tertiary/aromatic N) is 1. The molecule has 0 spiro atoms. The number of anilines is 3. The van der Waals surface area contributed by atoms with Crippen molar-refractivity contribution < 1.29 is 27.5 Å². The number of amides is 2. The number of halogens is 3. The van der Waals surface area contributed by atoms with Gasteiger partial charge in [-0.15, -0.1) is 0 Å². The van der Waals surface area contributed by atoms with E-state index < -0.39 is 23.8 Å². The summed E-state index contributed by atoms with van der Waals surface area (Å²) in [5.41, 5.74) is 0.167. The lowest BCUT2D eigenvalue weighted by Gasteiger charge is -2.33. The van der Waals surface area contributed by atoms with Gasteiger partial charge in [0.25, 0.3) is 5.91 Å². The smallest absolute Gasteiger partial charge is 0.416 e. The zero-order chi connectivity index (χ0) is 23.6. The van der Waals surface area contributed by atoms with Crippen molar-refractivity contribution in [3.05, 3.63) is 48.0 Å².